The smallest absolute Gasteiger partial charge is 0.246 e. The highest BCUT2D eigenvalue weighted by atomic mass is 15.4. The molecule has 1 aromatic carbocycles. The Balaban J connectivity index is 1.53. The Morgan fingerprint density at radius 3 is 2.59 bits per heavy atom. The van der Waals surface area contributed by atoms with Crippen molar-refractivity contribution in [3.05, 3.63) is 54.0 Å². The predicted molar refractivity (Wildman–Crippen MR) is 117 cm³/mol. The van der Waals surface area contributed by atoms with Gasteiger partial charge in [-0.15, -0.1) is 5.10 Å². The number of piperazine rings is 1. The van der Waals surface area contributed by atoms with Gasteiger partial charge in [0.2, 0.25) is 5.95 Å². The maximum absolute atomic E-state index is 5.08. The number of nitrogens with zero attached hydrogens (tertiary/aromatic N) is 6. The molecule has 1 aromatic heterocycles. The summed E-state index contributed by atoms with van der Waals surface area (Å²) in [7, 11) is 2.17. The number of likely N-dealkylation sites (N-methyl/N-ethyl adjacent to an activating group) is 1. The van der Waals surface area contributed by atoms with Gasteiger partial charge in [0.15, 0.2) is 0 Å². The fourth-order valence-corrected chi connectivity index (χ4v) is 3.50. The minimum atomic E-state index is 0.0992. The average Bonchev–Trinajstić information content (AvgIpc) is 3.48. The second-order valence-corrected chi connectivity index (χ2v) is 8.10. The number of hydrogen-bond acceptors (Lipinski definition) is 5. The van der Waals surface area contributed by atoms with Gasteiger partial charge in [0.25, 0.3) is 0 Å². The normalized spacial score (nSPS) is 20.0. The lowest BCUT2D eigenvalue weighted by Crippen LogP contribution is -2.47. The maximum atomic E-state index is 5.08. The lowest BCUT2D eigenvalue weighted by Gasteiger charge is -2.34. The molecule has 1 unspecified atom stereocenters. The summed E-state index contributed by atoms with van der Waals surface area (Å²) in [6, 6.07) is 11.1. The highest BCUT2D eigenvalue weighted by molar-refractivity contribution is 5.94. The molecule has 4 rings (SSSR count). The van der Waals surface area contributed by atoms with Gasteiger partial charge in [-0.25, -0.2) is 9.67 Å². The van der Waals surface area contributed by atoms with Crippen molar-refractivity contribution < 1.29 is 0 Å². The number of nitrogens with one attached hydrogen (secondary N) is 1. The fraction of sp³-hybridized carbons (Fsp3) is 0.500. The molecule has 2 aromatic rings. The summed E-state index contributed by atoms with van der Waals surface area (Å²) in [6.45, 7) is 8.26. The Kier molecular flexibility index (Phi) is 5.94. The van der Waals surface area contributed by atoms with Crippen LogP contribution in [-0.2, 0) is 0 Å². The Morgan fingerprint density at radius 1 is 1.17 bits per heavy atom. The van der Waals surface area contributed by atoms with Gasteiger partial charge < -0.3 is 15.1 Å². The van der Waals surface area contributed by atoms with Crippen LogP contribution in [0.5, 0.6) is 0 Å². The number of anilines is 1. The van der Waals surface area contributed by atoms with Crippen LogP contribution in [0.4, 0.5) is 5.95 Å². The lowest BCUT2D eigenvalue weighted by atomic mass is 10.1. The molecule has 1 aliphatic carbocycles. The van der Waals surface area contributed by atoms with Gasteiger partial charge in [0.1, 0.15) is 12.2 Å². The van der Waals surface area contributed by atoms with E-state index >= 15 is 0 Å². The van der Waals surface area contributed by atoms with E-state index in [-0.39, 0.29) is 6.04 Å². The summed E-state index contributed by atoms with van der Waals surface area (Å²) in [5.41, 5.74) is 2.22. The van der Waals surface area contributed by atoms with E-state index in [1.165, 1.54) is 18.4 Å². The zero-order valence-electron chi connectivity index (χ0n) is 17.6. The molecule has 1 saturated carbocycles. The highest BCUT2D eigenvalue weighted by Gasteiger charge is 2.25. The van der Waals surface area contributed by atoms with Crippen LogP contribution in [0.3, 0.4) is 0 Å². The summed E-state index contributed by atoms with van der Waals surface area (Å²) in [5.74, 6) is 1.67. The van der Waals surface area contributed by atoms with Crippen LogP contribution in [-0.4, -0.2) is 63.6 Å². The van der Waals surface area contributed by atoms with Gasteiger partial charge in [-0.1, -0.05) is 30.3 Å². The minimum Gasteiger partial charge on any atom is -0.354 e. The van der Waals surface area contributed by atoms with Crippen molar-refractivity contribution in [2.24, 2.45) is 4.99 Å². The average molecular weight is 394 g/mol. The van der Waals surface area contributed by atoms with Gasteiger partial charge in [0.05, 0.1) is 12.1 Å². The summed E-state index contributed by atoms with van der Waals surface area (Å²) in [5, 5.41) is 7.88. The third kappa shape index (κ3) is 5.23. The summed E-state index contributed by atoms with van der Waals surface area (Å²) in [6.07, 6.45) is 6.35. The van der Waals surface area contributed by atoms with E-state index < -0.39 is 0 Å². The van der Waals surface area contributed by atoms with Gasteiger partial charge in [-0.2, -0.15) is 0 Å². The van der Waals surface area contributed by atoms with E-state index in [0.29, 0.717) is 12.0 Å². The molecule has 2 heterocycles. The summed E-state index contributed by atoms with van der Waals surface area (Å²) >= 11 is 0. The fourth-order valence-electron chi connectivity index (χ4n) is 3.50. The van der Waals surface area contributed by atoms with Crippen LogP contribution >= 0.6 is 0 Å². The molecule has 1 N–H and O–H groups in total. The largest absolute Gasteiger partial charge is 0.354 e. The monoisotopic (exact) mass is 393 g/mol. The van der Waals surface area contributed by atoms with E-state index in [1.807, 2.05) is 17.1 Å². The molecule has 29 heavy (non-hydrogen) atoms. The topological polar surface area (TPSA) is 61.6 Å². The number of amidine groups is 1. The molecule has 7 heteroatoms. The Hall–Kier alpha value is -2.67. The van der Waals surface area contributed by atoms with Crippen molar-refractivity contribution in [3.63, 3.8) is 0 Å². The highest BCUT2D eigenvalue weighted by Crippen LogP contribution is 2.33. The molecule has 2 aliphatic rings. The number of aliphatic imine (C=N–C) groups is 1. The van der Waals surface area contributed by atoms with Crippen LogP contribution in [0.25, 0.3) is 0 Å². The van der Waals surface area contributed by atoms with Gasteiger partial charge in [-0.3, -0.25) is 4.99 Å². The van der Waals surface area contributed by atoms with Crippen LogP contribution in [0.15, 0.2) is 53.4 Å². The van der Waals surface area contributed by atoms with Crippen LogP contribution in [0.1, 0.15) is 44.3 Å². The number of allylic oxidation sites excluding steroid dienone is 1. The maximum Gasteiger partial charge on any atom is 0.246 e. The molecule has 1 saturated heterocycles. The van der Waals surface area contributed by atoms with E-state index in [4.69, 9.17) is 4.99 Å². The minimum absolute atomic E-state index is 0.0992. The molecule has 0 radical (unpaired) electrons. The first-order valence-electron chi connectivity index (χ1n) is 10.5. The molecule has 2 fully saturated rings. The van der Waals surface area contributed by atoms with Gasteiger partial charge in [-0.05, 0) is 45.4 Å². The SMILES string of the molecule is C/C(=C\C(=NC(C)c1ccccc1)N1CCN(C)CC1)Nc1ncn(C2CC2)n1. The molecular formula is C22H31N7. The van der Waals surface area contributed by atoms with E-state index in [2.05, 4.69) is 76.4 Å². The lowest BCUT2D eigenvalue weighted by molar-refractivity contribution is 0.215. The van der Waals surface area contributed by atoms with Crippen LogP contribution < -0.4 is 5.32 Å². The van der Waals surface area contributed by atoms with Crippen molar-refractivity contribution in [1.82, 2.24) is 24.6 Å². The zero-order chi connectivity index (χ0) is 20.2. The Labute approximate surface area is 173 Å². The second-order valence-electron chi connectivity index (χ2n) is 8.10. The number of aromatic nitrogens is 3. The second kappa shape index (κ2) is 8.78. The van der Waals surface area contributed by atoms with Crippen molar-refractivity contribution in [3.8, 4) is 0 Å². The van der Waals surface area contributed by atoms with E-state index in [0.717, 1.165) is 37.7 Å². The van der Waals surface area contributed by atoms with Crippen LogP contribution in [0, 0.1) is 0 Å². The number of hydrogen-bond donors (Lipinski definition) is 1. The molecule has 7 nitrogen and oxygen atoms in total. The Bertz CT molecular complexity index is 858. The van der Waals surface area contributed by atoms with E-state index in [1.54, 1.807) is 0 Å². The third-order valence-electron chi connectivity index (χ3n) is 5.52. The van der Waals surface area contributed by atoms with E-state index in [9.17, 15) is 0 Å². The first kappa shape index (κ1) is 19.6. The molecule has 1 aliphatic heterocycles. The molecule has 154 valence electrons. The summed E-state index contributed by atoms with van der Waals surface area (Å²) < 4.78 is 1.96. The predicted octanol–water partition coefficient (Wildman–Crippen LogP) is 3.34. The van der Waals surface area contributed by atoms with Crippen molar-refractivity contribution >= 4 is 11.8 Å². The van der Waals surface area contributed by atoms with Gasteiger partial charge in [0, 0.05) is 31.9 Å². The molecule has 0 spiro atoms. The third-order valence-corrected chi connectivity index (χ3v) is 5.52. The number of benzene rings is 1. The van der Waals surface area contributed by atoms with Gasteiger partial charge >= 0.3 is 0 Å². The Morgan fingerprint density at radius 2 is 1.90 bits per heavy atom. The number of rotatable bonds is 6. The first-order valence-corrected chi connectivity index (χ1v) is 10.5. The molecular weight excluding hydrogens is 362 g/mol. The van der Waals surface area contributed by atoms with Crippen molar-refractivity contribution in [1.29, 1.82) is 0 Å². The molecule has 0 bridgehead atoms. The van der Waals surface area contributed by atoms with Crippen molar-refractivity contribution in [2.45, 2.75) is 38.8 Å². The zero-order valence-corrected chi connectivity index (χ0v) is 17.6. The standard InChI is InChI=1S/C22H31N7/c1-17(24-22-23-16-29(26-22)20-9-10-20)15-21(28-13-11-27(3)12-14-28)25-18(2)19-7-5-4-6-8-19/h4-8,15-16,18,20H,9-14H2,1-3H3,(H,24,26)/b17-15+,25-21?. The first-order chi connectivity index (χ1) is 14.1. The van der Waals surface area contributed by atoms with Crippen molar-refractivity contribution in [2.75, 3.05) is 38.5 Å². The summed E-state index contributed by atoms with van der Waals surface area (Å²) in [4.78, 5) is 14.2. The molecule has 0 amide bonds. The molecule has 1 atom stereocenters. The van der Waals surface area contributed by atoms with Crippen LogP contribution in [0.2, 0.25) is 0 Å². The quantitative estimate of drug-likeness (QED) is 0.602.